The van der Waals surface area contributed by atoms with Crippen LogP contribution in [0, 0.1) is 0 Å². The largest absolute Gasteiger partial charge is 0.479 e. The molecule has 0 heterocycles. The third kappa shape index (κ3) is 6.74. The van der Waals surface area contributed by atoms with Gasteiger partial charge in [-0.15, -0.1) is 0 Å². The Kier molecular flexibility index (Phi) is 10.2. The molecule has 0 aliphatic carbocycles. The van der Waals surface area contributed by atoms with E-state index in [0.29, 0.717) is 0 Å². The predicted molar refractivity (Wildman–Crippen MR) is 159 cm³/mol. The molecule has 0 bridgehead atoms. The van der Waals surface area contributed by atoms with Crippen LogP contribution >= 0.6 is 0 Å². The van der Waals surface area contributed by atoms with Gasteiger partial charge in [0.1, 0.15) is 12.1 Å². The van der Waals surface area contributed by atoms with E-state index in [2.05, 4.69) is 10.6 Å². The van der Waals surface area contributed by atoms with Crippen LogP contribution in [0.5, 0.6) is 0 Å². The maximum Gasteiger partial charge on any atom is 0.335 e. The second-order valence-corrected chi connectivity index (χ2v) is 9.74. The quantitative estimate of drug-likeness (QED) is 0.166. The third-order valence-electron chi connectivity index (χ3n) is 7.16. The van der Waals surface area contributed by atoms with Gasteiger partial charge in [-0.2, -0.15) is 0 Å². The van der Waals surface area contributed by atoms with Crippen LogP contribution in [0.3, 0.4) is 0 Å². The lowest BCUT2D eigenvalue weighted by Crippen LogP contribution is -2.63. The number of carbonyl (C=O) groups excluding carboxylic acids is 2. The van der Waals surface area contributed by atoms with Crippen molar-refractivity contribution < 1.29 is 29.0 Å². The zero-order valence-electron chi connectivity index (χ0n) is 23.5. The zero-order chi connectivity index (χ0) is 30.0. The van der Waals surface area contributed by atoms with E-state index >= 15 is 0 Å². The fraction of sp³-hybridized carbons (Fsp3) is 0.206. The maximum absolute atomic E-state index is 14.1. The Bertz CT molecular complexity index is 1350. The maximum atomic E-state index is 14.1. The summed E-state index contributed by atoms with van der Waals surface area (Å²) in [4.78, 5) is 39.4. The van der Waals surface area contributed by atoms with Crippen LogP contribution in [-0.2, 0) is 35.8 Å². The first kappa shape index (κ1) is 30.2. The van der Waals surface area contributed by atoms with E-state index in [-0.39, 0.29) is 6.42 Å². The molecule has 0 spiro atoms. The average Bonchev–Trinajstić information content (AvgIpc) is 3.04. The Labute approximate surface area is 245 Å². The van der Waals surface area contributed by atoms with E-state index in [1.807, 2.05) is 121 Å². The smallest absolute Gasteiger partial charge is 0.335 e. The van der Waals surface area contributed by atoms with Crippen molar-refractivity contribution in [3.8, 4) is 0 Å². The molecule has 0 fully saturated rings. The number of esters is 1. The SMILES string of the molecule is COC(=O)[C@H](Cc1ccccc1)NC(=O)[C@H](NC(c1ccccc1)(c1ccccc1)c1ccccc1)C(OC)C(=O)O. The second-order valence-electron chi connectivity index (χ2n) is 9.74. The number of amides is 1. The van der Waals surface area contributed by atoms with Gasteiger partial charge in [-0.25, -0.2) is 9.59 Å². The topological polar surface area (TPSA) is 114 Å². The monoisotopic (exact) mass is 566 g/mol. The molecule has 8 nitrogen and oxygen atoms in total. The molecule has 42 heavy (non-hydrogen) atoms. The van der Waals surface area contributed by atoms with Gasteiger partial charge < -0.3 is 19.9 Å². The van der Waals surface area contributed by atoms with Crippen LogP contribution in [0.1, 0.15) is 22.3 Å². The molecule has 0 radical (unpaired) electrons. The lowest BCUT2D eigenvalue weighted by Gasteiger charge is -2.41. The number of nitrogens with one attached hydrogen (secondary N) is 2. The second kappa shape index (κ2) is 14.2. The fourth-order valence-electron chi connectivity index (χ4n) is 5.15. The lowest BCUT2D eigenvalue weighted by atomic mass is 9.76. The van der Waals surface area contributed by atoms with Crippen molar-refractivity contribution in [2.45, 2.75) is 30.1 Å². The van der Waals surface area contributed by atoms with Gasteiger partial charge in [-0.3, -0.25) is 10.1 Å². The molecular formula is C34H34N2O6. The molecule has 4 aromatic carbocycles. The molecule has 4 aromatic rings. The summed E-state index contributed by atoms with van der Waals surface area (Å²) >= 11 is 0. The van der Waals surface area contributed by atoms with Gasteiger partial charge in [-0.05, 0) is 22.3 Å². The number of ether oxygens (including phenoxy) is 2. The highest BCUT2D eigenvalue weighted by atomic mass is 16.5. The molecule has 0 aromatic heterocycles. The number of benzene rings is 4. The number of carboxylic acids is 1. The van der Waals surface area contributed by atoms with E-state index in [1.165, 1.54) is 14.2 Å². The van der Waals surface area contributed by atoms with E-state index in [1.54, 1.807) is 0 Å². The van der Waals surface area contributed by atoms with Crippen molar-refractivity contribution >= 4 is 17.8 Å². The minimum atomic E-state index is -1.60. The van der Waals surface area contributed by atoms with Crippen molar-refractivity contribution in [2.75, 3.05) is 14.2 Å². The van der Waals surface area contributed by atoms with Crippen LogP contribution in [-0.4, -0.2) is 55.4 Å². The Morgan fingerprint density at radius 2 is 1.14 bits per heavy atom. The summed E-state index contributed by atoms with van der Waals surface area (Å²) in [7, 11) is 2.47. The summed E-state index contributed by atoms with van der Waals surface area (Å²) in [6, 6.07) is 35.1. The first-order chi connectivity index (χ1) is 20.4. The van der Waals surface area contributed by atoms with Gasteiger partial charge in [-0.1, -0.05) is 121 Å². The van der Waals surface area contributed by atoms with E-state index in [4.69, 9.17) is 9.47 Å². The number of hydrogen-bond donors (Lipinski definition) is 3. The third-order valence-corrected chi connectivity index (χ3v) is 7.16. The van der Waals surface area contributed by atoms with E-state index in [0.717, 1.165) is 22.3 Å². The Balaban J connectivity index is 1.85. The molecule has 4 rings (SSSR count). The van der Waals surface area contributed by atoms with Gasteiger partial charge in [0, 0.05) is 13.5 Å². The molecule has 1 amide bonds. The van der Waals surface area contributed by atoms with E-state index < -0.39 is 41.6 Å². The number of methoxy groups -OCH3 is 2. The number of hydrogen-bond acceptors (Lipinski definition) is 6. The van der Waals surface area contributed by atoms with Crippen molar-refractivity contribution in [2.24, 2.45) is 0 Å². The normalized spacial score (nSPS) is 13.4. The molecule has 0 aliphatic heterocycles. The van der Waals surface area contributed by atoms with Crippen LogP contribution in [0.25, 0.3) is 0 Å². The Morgan fingerprint density at radius 1 is 0.714 bits per heavy atom. The summed E-state index contributed by atoms with van der Waals surface area (Å²) in [6.45, 7) is 0. The summed E-state index contributed by atoms with van der Waals surface area (Å²) < 4.78 is 10.4. The molecule has 1 unspecified atom stereocenters. The lowest BCUT2D eigenvalue weighted by molar-refractivity contribution is -0.154. The van der Waals surface area contributed by atoms with Crippen molar-refractivity contribution in [3.05, 3.63) is 144 Å². The highest BCUT2D eigenvalue weighted by Gasteiger charge is 2.45. The summed E-state index contributed by atoms with van der Waals surface area (Å²) in [5.41, 5.74) is 1.93. The zero-order valence-corrected chi connectivity index (χ0v) is 23.5. The summed E-state index contributed by atoms with van der Waals surface area (Å²) in [5, 5.41) is 16.3. The van der Waals surface area contributed by atoms with E-state index in [9.17, 15) is 19.5 Å². The van der Waals surface area contributed by atoms with Gasteiger partial charge in [0.15, 0.2) is 6.10 Å². The minimum absolute atomic E-state index is 0.151. The van der Waals surface area contributed by atoms with Gasteiger partial charge in [0.05, 0.1) is 12.6 Å². The molecule has 8 heteroatoms. The van der Waals surface area contributed by atoms with Crippen LogP contribution in [0.4, 0.5) is 0 Å². The predicted octanol–water partition coefficient (Wildman–Crippen LogP) is 3.94. The molecule has 0 saturated heterocycles. The highest BCUT2D eigenvalue weighted by Crippen LogP contribution is 2.37. The minimum Gasteiger partial charge on any atom is -0.479 e. The Morgan fingerprint density at radius 3 is 1.52 bits per heavy atom. The molecule has 0 saturated carbocycles. The van der Waals surface area contributed by atoms with Crippen molar-refractivity contribution in [3.63, 3.8) is 0 Å². The van der Waals surface area contributed by atoms with Crippen molar-refractivity contribution in [1.29, 1.82) is 0 Å². The average molecular weight is 567 g/mol. The summed E-state index contributed by atoms with van der Waals surface area (Å²) in [6.07, 6.45) is -1.45. The first-order valence-corrected chi connectivity index (χ1v) is 13.5. The molecular weight excluding hydrogens is 532 g/mol. The molecule has 0 aliphatic rings. The van der Waals surface area contributed by atoms with Crippen LogP contribution < -0.4 is 10.6 Å². The van der Waals surface area contributed by atoms with Gasteiger partial charge in [0.2, 0.25) is 5.91 Å². The standard InChI is InChI=1S/C34H34N2O6/c1-41-30(32(38)39)29(31(37)35-28(33(40)42-2)23-24-15-7-3-8-16-24)36-34(25-17-9-4-10-18-25,26-19-11-5-12-20-26)27-21-13-6-14-22-27/h3-22,28-30,36H,23H2,1-2H3,(H,35,37)(H,38,39)/t28-,29+,30?/m0/s1. The summed E-state index contributed by atoms with van der Waals surface area (Å²) in [5.74, 6) is -2.73. The number of carboxylic acid groups (broad SMARTS) is 1. The number of rotatable bonds is 13. The van der Waals surface area contributed by atoms with Gasteiger partial charge >= 0.3 is 11.9 Å². The Hall–Kier alpha value is -4.79. The van der Waals surface area contributed by atoms with Crippen LogP contribution in [0.2, 0.25) is 0 Å². The molecule has 216 valence electrons. The first-order valence-electron chi connectivity index (χ1n) is 13.5. The number of aliphatic carboxylic acids is 1. The highest BCUT2D eigenvalue weighted by molar-refractivity contribution is 5.92. The molecule has 3 N–H and O–H groups in total. The van der Waals surface area contributed by atoms with Crippen molar-refractivity contribution in [1.82, 2.24) is 10.6 Å². The van der Waals surface area contributed by atoms with Gasteiger partial charge in [0.25, 0.3) is 0 Å². The fourth-order valence-corrected chi connectivity index (χ4v) is 5.15. The number of carbonyl (C=O) groups is 3. The van der Waals surface area contributed by atoms with Crippen LogP contribution in [0.15, 0.2) is 121 Å². The molecule has 3 atom stereocenters.